The predicted molar refractivity (Wildman–Crippen MR) is 61.1 cm³/mol. The van der Waals surface area contributed by atoms with Crippen LogP contribution in [0.25, 0.3) is 0 Å². The lowest BCUT2D eigenvalue weighted by atomic mass is 10.3. The van der Waals surface area contributed by atoms with Gasteiger partial charge in [0.25, 0.3) is 0 Å². The van der Waals surface area contributed by atoms with Gasteiger partial charge in [0, 0.05) is 13.1 Å². The second-order valence-corrected chi connectivity index (χ2v) is 5.31. The fourth-order valence-corrected chi connectivity index (χ4v) is 1.37. The first-order valence-electron chi connectivity index (χ1n) is 4.94. The fraction of sp³-hybridized carbons (Fsp3) is 0.750. The third kappa shape index (κ3) is 9.57. The Morgan fingerprint density at radius 3 is 2.35 bits per heavy atom. The van der Waals surface area contributed by atoms with E-state index in [0.717, 1.165) is 6.26 Å². The Morgan fingerprint density at radius 1 is 1.29 bits per heavy atom. The smallest absolute Gasteiger partial charge is 0.325 e. The van der Waals surface area contributed by atoms with Gasteiger partial charge in [0.15, 0.2) is 0 Å². The molecule has 0 radical (unpaired) electrons. The number of rotatable bonds is 7. The van der Waals surface area contributed by atoms with Gasteiger partial charge in [-0.3, -0.25) is 4.79 Å². The van der Waals surface area contributed by atoms with Gasteiger partial charge in [-0.25, -0.2) is 17.9 Å². The van der Waals surface area contributed by atoms with Crippen LogP contribution in [-0.2, 0) is 14.8 Å². The topological polar surface area (TPSA) is 125 Å². The molecule has 0 aromatic carbocycles. The van der Waals surface area contributed by atoms with E-state index in [-0.39, 0.29) is 13.1 Å². The minimum atomic E-state index is -3.21. The maximum absolute atomic E-state index is 11.1. The number of carboxylic acids is 1. The second kappa shape index (κ2) is 7.07. The normalized spacial score (nSPS) is 12.8. The summed E-state index contributed by atoms with van der Waals surface area (Å²) in [7, 11) is -3.21. The molecule has 9 heteroatoms. The summed E-state index contributed by atoms with van der Waals surface area (Å²) < 4.78 is 23.6. The lowest BCUT2D eigenvalue weighted by Crippen LogP contribution is -2.44. The van der Waals surface area contributed by atoms with E-state index in [2.05, 4.69) is 15.4 Å². The van der Waals surface area contributed by atoms with E-state index in [1.54, 1.807) is 0 Å². The molecule has 4 N–H and O–H groups in total. The summed E-state index contributed by atoms with van der Waals surface area (Å²) in [5, 5.41) is 13.1. The summed E-state index contributed by atoms with van der Waals surface area (Å²) in [5.74, 6) is -1.13. The number of urea groups is 1. The maximum Gasteiger partial charge on any atom is 0.325 e. The van der Waals surface area contributed by atoms with E-state index >= 15 is 0 Å². The first-order valence-corrected chi connectivity index (χ1v) is 6.83. The standard InChI is InChI=1S/C8H17N3O5S/c1-6(7(12)13)11-8(14)9-4-3-5-10-17(2,15)16/h6,10H,3-5H2,1-2H3,(H,12,13)(H2,9,11,14)/t6-/m1/s1. The predicted octanol–water partition coefficient (Wildman–Crippen LogP) is -1.30. The van der Waals surface area contributed by atoms with Gasteiger partial charge in [0.05, 0.1) is 6.26 Å². The minimum Gasteiger partial charge on any atom is -0.480 e. The van der Waals surface area contributed by atoms with Crippen LogP contribution >= 0.6 is 0 Å². The van der Waals surface area contributed by atoms with Crippen molar-refractivity contribution < 1.29 is 23.1 Å². The first kappa shape index (κ1) is 15.7. The molecule has 0 aromatic rings. The van der Waals surface area contributed by atoms with Crippen LogP contribution in [0.1, 0.15) is 13.3 Å². The highest BCUT2D eigenvalue weighted by molar-refractivity contribution is 7.88. The van der Waals surface area contributed by atoms with E-state index in [4.69, 9.17) is 5.11 Å². The zero-order valence-electron chi connectivity index (χ0n) is 9.69. The number of carbonyl (C=O) groups is 2. The molecule has 0 unspecified atom stereocenters. The Labute approximate surface area is 99.8 Å². The van der Waals surface area contributed by atoms with Gasteiger partial charge in [-0.1, -0.05) is 0 Å². The van der Waals surface area contributed by atoms with Crippen LogP contribution in [0, 0.1) is 0 Å². The summed E-state index contributed by atoms with van der Waals surface area (Å²) in [6.07, 6.45) is 1.46. The van der Waals surface area contributed by atoms with Gasteiger partial charge in [0.2, 0.25) is 10.0 Å². The van der Waals surface area contributed by atoms with E-state index in [9.17, 15) is 18.0 Å². The second-order valence-electron chi connectivity index (χ2n) is 3.48. The molecule has 1 atom stereocenters. The summed E-state index contributed by atoms with van der Waals surface area (Å²) in [6.45, 7) is 1.81. The van der Waals surface area contributed by atoms with E-state index in [1.165, 1.54) is 6.92 Å². The van der Waals surface area contributed by atoms with Crippen LogP contribution in [0.3, 0.4) is 0 Å². The molecule has 0 aliphatic carbocycles. The van der Waals surface area contributed by atoms with Crippen molar-refractivity contribution in [1.29, 1.82) is 0 Å². The molecular weight excluding hydrogens is 250 g/mol. The number of nitrogens with one attached hydrogen (secondary N) is 3. The SMILES string of the molecule is C[C@@H](NC(=O)NCCCNS(C)(=O)=O)C(=O)O. The summed E-state index contributed by atoms with van der Waals surface area (Å²) in [5.41, 5.74) is 0. The summed E-state index contributed by atoms with van der Waals surface area (Å²) >= 11 is 0. The molecule has 17 heavy (non-hydrogen) atoms. The Hall–Kier alpha value is -1.35. The average molecular weight is 267 g/mol. The number of carboxylic acid groups (broad SMARTS) is 1. The van der Waals surface area contributed by atoms with Crippen molar-refractivity contribution in [2.24, 2.45) is 0 Å². The van der Waals surface area contributed by atoms with Gasteiger partial charge >= 0.3 is 12.0 Å². The number of amides is 2. The zero-order chi connectivity index (χ0) is 13.5. The highest BCUT2D eigenvalue weighted by Crippen LogP contribution is 1.82. The minimum absolute atomic E-state index is 0.216. The van der Waals surface area contributed by atoms with Crippen molar-refractivity contribution in [3.63, 3.8) is 0 Å². The van der Waals surface area contributed by atoms with E-state index in [0.29, 0.717) is 6.42 Å². The monoisotopic (exact) mass is 267 g/mol. The van der Waals surface area contributed by atoms with Gasteiger partial charge in [-0.15, -0.1) is 0 Å². The van der Waals surface area contributed by atoms with E-state index < -0.39 is 28.1 Å². The molecule has 0 aliphatic rings. The molecule has 0 aromatic heterocycles. The molecule has 0 heterocycles. The van der Waals surface area contributed by atoms with Crippen molar-refractivity contribution in [2.75, 3.05) is 19.3 Å². The van der Waals surface area contributed by atoms with Crippen molar-refractivity contribution in [1.82, 2.24) is 15.4 Å². The quantitative estimate of drug-likeness (QED) is 0.427. The molecule has 100 valence electrons. The van der Waals surface area contributed by atoms with Gasteiger partial charge in [-0.05, 0) is 13.3 Å². The van der Waals surface area contributed by atoms with Crippen molar-refractivity contribution in [3.8, 4) is 0 Å². The molecule has 0 spiro atoms. The lowest BCUT2D eigenvalue weighted by Gasteiger charge is -2.10. The van der Waals surface area contributed by atoms with Crippen molar-refractivity contribution >= 4 is 22.0 Å². The van der Waals surface area contributed by atoms with Crippen LogP contribution in [0.4, 0.5) is 4.79 Å². The molecule has 0 saturated carbocycles. The van der Waals surface area contributed by atoms with Gasteiger partial charge in [0.1, 0.15) is 6.04 Å². The molecule has 0 bridgehead atoms. The van der Waals surface area contributed by atoms with Crippen LogP contribution in [0.2, 0.25) is 0 Å². The number of carbonyl (C=O) groups excluding carboxylic acids is 1. The zero-order valence-corrected chi connectivity index (χ0v) is 10.5. The third-order valence-corrected chi connectivity index (χ3v) is 2.45. The van der Waals surface area contributed by atoms with Gasteiger partial charge in [-0.2, -0.15) is 0 Å². The fourth-order valence-electron chi connectivity index (χ4n) is 0.857. The third-order valence-electron chi connectivity index (χ3n) is 1.72. The van der Waals surface area contributed by atoms with Crippen molar-refractivity contribution in [3.05, 3.63) is 0 Å². The molecule has 2 amide bonds. The Kier molecular flexibility index (Phi) is 6.51. The Morgan fingerprint density at radius 2 is 1.88 bits per heavy atom. The number of hydrogen-bond acceptors (Lipinski definition) is 4. The molecule has 0 aliphatic heterocycles. The molecule has 0 rings (SSSR count). The molecule has 8 nitrogen and oxygen atoms in total. The molecule has 0 saturated heterocycles. The summed E-state index contributed by atoms with van der Waals surface area (Å²) in [6, 6.07) is -1.57. The largest absolute Gasteiger partial charge is 0.480 e. The number of aliphatic carboxylic acids is 1. The molecule has 0 fully saturated rings. The first-order chi connectivity index (χ1) is 7.72. The molecular formula is C8H17N3O5S. The Balaban J connectivity index is 3.62. The average Bonchev–Trinajstić information content (AvgIpc) is 2.15. The van der Waals surface area contributed by atoms with Crippen molar-refractivity contribution in [2.45, 2.75) is 19.4 Å². The Bertz CT molecular complexity index is 367. The number of hydrogen-bond donors (Lipinski definition) is 4. The number of sulfonamides is 1. The van der Waals surface area contributed by atoms with E-state index in [1.807, 2.05) is 0 Å². The van der Waals surface area contributed by atoms with Gasteiger partial charge < -0.3 is 15.7 Å². The highest BCUT2D eigenvalue weighted by Gasteiger charge is 2.12. The maximum atomic E-state index is 11.1. The van der Waals surface area contributed by atoms with Crippen LogP contribution in [0.15, 0.2) is 0 Å². The summed E-state index contributed by atoms with van der Waals surface area (Å²) in [4.78, 5) is 21.5. The van der Waals surface area contributed by atoms with Crippen LogP contribution < -0.4 is 15.4 Å². The lowest BCUT2D eigenvalue weighted by molar-refractivity contribution is -0.138. The highest BCUT2D eigenvalue weighted by atomic mass is 32.2. The van der Waals surface area contributed by atoms with Crippen LogP contribution in [-0.4, -0.2) is 50.9 Å². The van der Waals surface area contributed by atoms with Crippen LogP contribution in [0.5, 0.6) is 0 Å².